The van der Waals surface area contributed by atoms with Crippen molar-refractivity contribution in [2.24, 2.45) is 5.92 Å². The molecular weight excluding hydrogens is 358 g/mol. The maximum absolute atomic E-state index is 12.9. The fourth-order valence-electron chi connectivity index (χ4n) is 3.90. The Kier molecular flexibility index (Phi) is 7.03. The van der Waals surface area contributed by atoms with Gasteiger partial charge in [-0.05, 0) is 43.4 Å². The van der Waals surface area contributed by atoms with Gasteiger partial charge >= 0.3 is 0 Å². The van der Waals surface area contributed by atoms with Gasteiger partial charge in [0.05, 0.1) is 13.2 Å². The minimum Gasteiger partial charge on any atom is -0.378 e. The number of hydrogen-bond donors (Lipinski definition) is 1. The van der Waals surface area contributed by atoms with E-state index in [1.807, 2.05) is 9.80 Å². The summed E-state index contributed by atoms with van der Waals surface area (Å²) in [5.74, 6) is 0.361. The molecule has 0 radical (unpaired) electrons. The molecule has 3 amide bonds. The van der Waals surface area contributed by atoms with Crippen LogP contribution in [-0.2, 0) is 14.3 Å². The molecular formula is C21H29N3O4. The first-order chi connectivity index (χ1) is 13.5. The zero-order valence-corrected chi connectivity index (χ0v) is 16.5. The summed E-state index contributed by atoms with van der Waals surface area (Å²) in [5.41, 5.74) is 1.21. The summed E-state index contributed by atoms with van der Waals surface area (Å²) in [5, 5.41) is 2.71. The van der Waals surface area contributed by atoms with E-state index in [1.54, 1.807) is 24.3 Å². The Bertz CT molecular complexity index is 715. The molecule has 0 saturated carbocycles. The molecule has 1 N–H and O–H groups in total. The summed E-state index contributed by atoms with van der Waals surface area (Å²) in [7, 11) is 0. The van der Waals surface area contributed by atoms with E-state index in [9.17, 15) is 14.4 Å². The average Bonchev–Trinajstić information content (AvgIpc) is 2.72. The van der Waals surface area contributed by atoms with Gasteiger partial charge in [-0.2, -0.15) is 0 Å². The number of ether oxygens (including phenoxy) is 1. The van der Waals surface area contributed by atoms with E-state index in [4.69, 9.17) is 4.74 Å². The molecule has 2 saturated heterocycles. The minimum atomic E-state index is -0.160. The Morgan fingerprint density at radius 2 is 1.93 bits per heavy atom. The first-order valence-corrected chi connectivity index (χ1v) is 10.1. The van der Waals surface area contributed by atoms with Gasteiger partial charge in [-0.25, -0.2) is 0 Å². The molecule has 0 bridgehead atoms. The van der Waals surface area contributed by atoms with Gasteiger partial charge in [0.1, 0.15) is 0 Å². The van der Waals surface area contributed by atoms with Crippen molar-refractivity contribution in [1.82, 2.24) is 9.80 Å². The highest BCUT2D eigenvalue weighted by atomic mass is 16.5. The van der Waals surface area contributed by atoms with Gasteiger partial charge in [-0.1, -0.05) is 6.07 Å². The zero-order valence-electron chi connectivity index (χ0n) is 16.5. The molecule has 152 valence electrons. The second-order valence-corrected chi connectivity index (χ2v) is 7.55. The van der Waals surface area contributed by atoms with Crippen LogP contribution in [0.2, 0.25) is 0 Å². The van der Waals surface area contributed by atoms with Crippen LogP contribution in [-0.4, -0.2) is 66.9 Å². The fourth-order valence-corrected chi connectivity index (χ4v) is 3.90. The van der Waals surface area contributed by atoms with Crippen LogP contribution >= 0.6 is 0 Å². The summed E-state index contributed by atoms with van der Waals surface area (Å²) in [6, 6.07) is 7.05. The van der Waals surface area contributed by atoms with Crippen molar-refractivity contribution in [1.29, 1.82) is 0 Å². The number of nitrogens with zero attached hydrogens (tertiary/aromatic N) is 2. The van der Waals surface area contributed by atoms with Crippen LogP contribution in [0.1, 0.15) is 43.0 Å². The van der Waals surface area contributed by atoms with Gasteiger partial charge in [0.25, 0.3) is 5.91 Å². The fraction of sp³-hybridized carbons (Fsp3) is 0.571. The molecule has 2 heterocycles. The largest absolute Gasteiger partial charge is 0.378 e. The highest BCUT2D eigenvalue weighted by molar-refractivity contribution is 5.96. The van der Waals surface area contributed by atoms with E-state index in [0.29, 0.717) is 56.4 Å². The number of morpholine rings is 1. The standard InChI is InChI=1S/C21H29N3O4/c1-16(25)22-19-6-2-5-18(14-19)21(27)24-9-3-4-17(15-24)7-8-20(26)23-10-12-28-13-11-23/h2,5-6,14,17H,3-4,7-13,15H2,1H3,(H,22,25). The van der Waals surface area contributed by atoms with Gasteiger partial charge in [0.15, 0.2) is 0 Å². The number of likely N-dealkylation sites (tertiary alicyclic amines) is 1. The Morgan fingerprint density at radius 3 is 2.68 bits per heavy atom. The highest BCUT2D eigenvalue weighted by Crippen LogP contribution is 2.23. The lowest BCUT2D eigenvalue weighted by Gasteiger charge is -2.33. The first kappa shape index (κ1) is 20.3. The van der Waals surface area contributed by atoms with E-state index in [-0.39, 0.29) is 17.7 Å². The lowest BCUT2D eigenvalue weighted by atomic mass is 9.92. The number of nitrogens with one attached hydrogen (secondary N) is 1. The Balaban J connectivity index is 1.53. The van der Waals surface area contributed by atoms with Crippen LogP contribution < -0.4 is 5.32 Å². The molecule has 3 rings (SSSR count). The van der Waals surface area contributed by atoms with E-state index in [2.05, 4.69) is 5.32 Å². The normalized spacial score (nSPS) is 20.0. The monoisotopic (exact) mass is 387 g/mol. The van der Waals surface area contributed by atoms with Gasteiger partial charge in [-0.3, -0.25) is 14.4 Å². The van der Waals surface area contributed by atoms with E-state index in [0.717, 1.165) is 25.8 Å². The topological polar surface area (TPSA) is 79.0 Å². The lowest BCUT2D eigenvalue weighted by molar-refractivity contribution is -0.135. The van der Waals surface area contributed by atoms with Crippen molar-refractivity contribution >= 4 is 23.4 Å². The number of carbonyl (C=O) groups excluding carboxylic acids is 3. The van der Waals surface area contributed by atoms with Gasteiger partial charge in [0, 0.05) is 50.8 Å². The van der Waals surface area contributed by atoms with Crippen LogP contribution in [0.3, 0.4) is 0 Å². The van der Waals surface area contributed by atoms with E-state index in [1.165, 1.54) is 6.92 Å². The molecule has 1 unspecified atom stereocenters. The summed E-state index contributed by atoms with van der Waals surface area (Å²) >= 11 is 0. The van der Waals surface area contributed by atoms with Crippen molar-refractivity contribution in [2.45, 2.75) is 32.6 Å². The molecule has 0 aliphatic carbocycles. The van der Waals surface area contributed by atoms with E-state index < -0.39 is 0 Å². The Hall–Kier alpha value is -2.41. The minimum absolute atomic E-state index is 0.0172. The van der Waals surface area contributed by atoms with Crippen molar-refractivity contribution in [3.8, 4) is 0 Å². The number of benzene rings is 1. The van der Waals surface area contributed by atoms with Crippen LogP contribution in [0.25, 0.3) is 0 Å². The average molecular weight is 387 g/mol. The van der Waals surface area contributed by atoms with Crippen LogP contribution in [0.4, 0.5) is 5.69 Å². The second kappa shape index (κ2) is 9.68. The summed E-state index contributed by atoms with van der Waals surface area (Å²) in [6.07, 6.45) is 3.34. The van der Waals surface area contributed by atoms with Crippen LogP contribution in [0.5, 0.6) is 0 Å². The predicted octanol–water partition coefficient (Wildman–Crippen LogP) is 2.14. The quantitative estimate of drug-likeness (QED) is 0.840. The molecule has 7 heteroatoms. The number of amides is 3. The molecule has 0 aromatic heterocycles. The third kappa shape index (κ3) is 5.55. The molecule has 1 aromatic carbocycles. The van der Waals surface area contributed by atoms with Crippen molar-refractivity contribution in [3.05, 3.63) is 29.8 Å². The van der Waals surface area contributed by atoms with E-state index >= 15 is 0 Å². The smallest absolute Gasteiger partial charge is 0.253 e. The van der Waals surface area contributed by atoms with Crippen molar-refractivity contribution in [2.75, 3.05) is 44.7 Å². The number of rotatable bonds is 5. The maximum Gasteiger partial charge on any atom is 0.253 e. The lowest BCUT2D eigenvalue weighted by Crippen LogP contribution is -2.42. The molecule has 2 aliphatic heterocycles. The summed E-state index contributed by atoms with van der Waals surface area (Å²) < 4.78 is 5.30. The molecule has 1 atom stereocenters. The number of hydrogen-bond acceptors (Lipinski definition) is 4. The summed E-state index contributed by atoms with van der Waals surface area (Å²) in [6.45, 7) is 5.46. The molecule has 0 spiro atoms. The third-order valence-electron chi connectivity index (χ3n) is 5.37. The molecule has 1 aromatic rings. The SMILES string of the molecule is CC(=O)Nc1cccc(C(=O)N2CCCC(CCC(=O)N3CCOCC3)C2)c1. The van der Waals surface area contributed by atoms with Crippen molar-refractivity contribution < 1.29 is 19.1 Å². The maximum atomic E-state index is 12.9. The summed E-state index contributed by atoms with van der Waals surface area (Å²) in [4.78, 5) is 40.2. The molecule has 2 fully saturated rings. The molecule has 7 nitrogen and oxygen atoms in total. The van der Waals surface area contributed by atoms with Crippen LogP contribution in [0, 0.1) is 5.92 Å². The Morgan fingerprint density at radius 1 is 1.14 bits per heavy atom. The van der Waals surface area contributed by atoms with Crippen LogP contribution in [0.15, 0.2) is 24.3 Å². The van der Waals surface area contributed by atoms with Gasteiger partial charge in [-0.15, -0.1) is 0 Å². The third-order valence-corrected chi connectivity index (χ3v) is 5.37. The van der Waals surface area contributed by atoms with Crippen molar-refractivity contribution in [3.63, 3.8) is 0 Å². The van der Waals surface area contributed by atoms with Gasteiger partial charge in [0.2, 0.25) is 11.8 Å². The number of carbonyl (C=O) groups is 3. The Labute approximate surface area is 166 Å². The predicted molar refractivity (Wildman–Crippen MR) is 106 cm³/mol. The van der Waals surface area contributed by atoms with Gasteiger partial charge < -0.3 is 19.9 Å². The molecule has 28 heavy (non-hydrogen) atoms. The first-order valence-electron chi connectivity index (χ1n) is 10.1. The molecule has 2 aliphatic rings. The number of anilines is 1. The number of piperidine rings is 1. The second-order valence-electron chi connectivity index (χ2n) is 7.55. The highest BCUT2D eigenvalue weighted by Gasteiger charge is 2.26. The zero-order chi connectivity index (χ0) is 19.9.